The molecule has 0 unspecified atom stereocenters. The number of nitriles is 1. The fraction of sp³-hybridized carbons (Fsp3) is 0.0357. The standard InChI is InChI=1S/C28H19BrN2O4/c29-25-14-18(13-22(16-30)27(32)31-23-9-4-7-20(15-23)28(33)34)11-12-26(25)35-17-21-8-3-6-19-5-1-2-10-24(19)21/h1-15H,17H2,(H,31,32)(H,33,34)/b22-13-. The Kier molecular flexibility index (Phi) is 7.24. The second kappa shape index (κ2) is 10.7. The number of fused-ring (bicyclic) bond motifs is 1. The number of ether oxygens (including phenoxy) is 1. The third kappa shape index (κ3) is 5.75. The van der Waals surface area contributed by atoms with Gasteiger partial charge < -0.3 is 15.2 Å². The molecule has 4 aromatic rings. The predicted octanol–water partition coefficient (Wildman–Crippen LogP) is 6.43. The summed E-state index contributed by atoms with van der Waals surface area (Å²) in [5.74, 6) is -1.12. The van der Waals surface area contributed by atoms with Crippen LogP contribution < -0.4 is 10.1 Å². The molecule has 4 rings (SSSR count). The van der Waals surface area contributed by atoms with Crippen molar-refractivity contribution in [3.63, 3.8) is 0 Å². The molecule has 0 aromatic heterocycles. The van der Waals surface area contributed by atoms with Gasteiger partial charge in [0.15, 0.2) is 0 Å². The molecule has 0 radical (unpaired) electrons. The molecule has 1 amide bonds. The van der Waals surface area contributed by atoms with Crippen LogP contribution in [-0.4, -0.2) is 17.0 Å². The molecular weight excluding hydrogens is 508 g/mol. The van der Waals surface area contributed by atoms with Crippen LogP contribution in [0.4, 0.5) is 5.69 Å². The predicted molar refractivity (Wildman–Crippen MR) is 138 cm³/mol. The summed E-state index contributed by atoms with van der Waals surface area (Å²) in [6.07, 6.45) is 1.45. The number of aromatic carboxylic acids is 1. The molecule has 35 heavy (non-hydrogen) atoms. The van der Waals surface area contributed by atoms with E-state index in [-0.39, 0.29) is 16.8 Å². The van der Waals surface area contributed by atoms with Crippen molar-refractivity contribution in [1.29, 1.82) is 5.26 Å². The van der Waals surface area contributed by atoms with E-state index in [1.807, 2.05) is 30.3 Å². The fourth-order valence-electron chi connectivity index (χ4n) is 3.54. The zero-order valence-corrected chi connectivity index (χ0v) is 20.0. The maximum absolute atomic E-state index is 12.6. The minimum Gasteiger partial charge on any atom is -0.488 e. The Morgan fingerprint density at radius 1 is 1.00 bits per heavy atom. The molecular formula is C28H19BrN2O4. The average Bonchev–Trinajstić information content (AvgIpc) is 2.86. The highest BCUT2D eigenvalue weighted by Gasteiger charge is 2.12. The third-order valence-corrected chi connectivity index (χ3v) is 5.88. The lowest BCUT2D eigenvalue weighted by molar-refractivity contribution is -0.112. The number of rotatable bonds is 7. The van der Waals surface area contributed by atoms with Gasteiger partial charge in [-0.2, -0.15) is 5.26 Å². The van der Waals surface area contributed by atoms with Crippen molar-refractivity contribution >= 4 is 50.3 Å². The number of amides is 1. The number of carbonyl (C=O) groups is 2. The van der Waals surface area contributed by atoms with Crippen LogP contribution in [0.5, 0.6) is 5.75 Å². The SMILES string of the molecule is N#C/C(=C/c1ccc(OCc2cccc3ccccc23)c(Br)c1)C(=O)Nc1cccc(C(=O)O)c1. The van der Waals surface area contributed by atoms with Crippen LogP contribution >= 0.6 is 15.9 Å². The molecule has 7 heteroatoms. The number of nitrogens with zero attached hydrogens (tertiary/aromatic N) is 1. The number of carboxylic acid groups (broad SMARTS) is 1. The van der Waals surface area contributed by atoms with Gasteiger partial charge in [0.25, 0.3) is 5.91 Å². The van der Waals surface area contributed by atoms with Crippen LogP contribution in [0.2, 0.25) is 0 Å². The van der Waals surface area contributed by atoms with Gasteiger partial charge in [0, 0.05) is 5.69 Å². The summed E-state index contributed by atoms with van der Waals surface area (Å²) in [6.45, 7) is 0.385. The number of halogens is 1. The van der Waals surface area contributed by atoms with Gasteiger partial charge in [-0.3, -0.25) is 4.79 Å². The van der Waals surface area contributed by atoms with Gasteiger partial charge in [-0.05, 0) is 74.2 Å². The van der Waals surface area contributed by atoms with Gasteiger partial charge in [-0.15, -0.1) is 0 Å². The van der Waals surface area contributed by atoms with E-state index >= 15 is 0 Å². The van der Waals surface area contributed by atoms with Gasteiger partial charge in [-0.25, -0.2) is 4.79 Å². The molecule has 0 atom stereocenters. The summed E-state index contributed by atoms with van der Waals surface area (Å²) in [4.78, 5) is 23.7. The smallest absolute Gasteiger partial charge is 0.335 e. The van der Waals surface area contributed by atoms with Gasteiger partial charge >= 0.3 is 5.97 Å². The Hall–Kier alpha value is -4.41. The highest BCUT2D eigenvalue weighted by Crippen LogP contribution is 2.29. The van der Waals surface area contributed by atoms with Crippen molar-refractivity contribution in [2.75, 3.05) is 5.32 Å². The van der Waals surface area contributed by atoms with Crippen molar-refractivity contribution in [2.24, 2.45) is 0 Å². The summed E-state index contributed by atoms with van der Waals surface area (Å²) in [5, 5.41) is 23.4. The first-order valence-electron chi connectivity index (χ1n) is 10.6. The topological polar surface area (TPSA) is 99.4 Å². The van der Waals surface area contributed by atoms with E-state index in [0.717, 1.165) is 16.3 Å². The van der Waals surface area contributed by atoms with Gasteiger partial charge in [0.1, 0.15) is 24.0 Å². The Labute approximate surface area is 210 Å². The molecule has 0 bridgehead atoms. The van der Waals surface area contributed by atoms with E-state index in [9.17, 15) is 14.9 Å². The Bertz CT molecular complexity index is 1500. The molecule has 0 saturated heterocycles. The molecule has 6 nitrogen and oxygen atoms in total. The number of hydrogen-bond donors (Lipinski definition) is 2. The maximum atomic E-state index is 12.6. The summed E-state index contributed by atoms with van der Waals surface area (Å²) in [5.41, 5.74) is 1.89. The number of carboxylic acids is 1. The van der Waals surface area contributed by atoms with E-state index in [2.05, 4.69) is 39.4 Å². The molecule has 2 N–H and O–H groups in total. The highest BCUT2D eigenvalue weighted by molar-refractivity contribution is 9.10. The summed E-state index contributed by atoms with van der Waals surface area (Å²) in [6, 6.07) is 27.2. The normalized spacial score (nSPS) is 11.0. The summed E-state index contributed by atoms with van der Waals surface area (Å²) >= 11 is 3.50. The summed E-state index contributed by atoms with van der Waals surface area (Å²) in [7, 11) is 0. The summed E-state index contributed by atoms with van der Waals surface area (Å²) < 4.78 is 6.69. The van der Waals surface area contributed by atoms with Gasteiger partial charge in [0.05, 0.1) is 10.0 Å². The maximum Gasteiger partial charge on any atom is 0.335 e. The number of hydrogen-bond acceptors (Lipinski definition) is 4. The van der Waals surface area contributed by atoms with Crippen molar-refractivity contribution < 1.29 is 19.4 Å². The molecule has 0 aliphatic heterocycles. The monoisotopic (exact) mass is 526 g/mol. The van der Waals surface area contributed by atoms with Gasteiger partial charge in [-0.1, -0.05) is 54.6 Å². The lowest BCUT2D eigenvalue weighted by atomic mass is 10.1. The molecule has 0 saturated carbocycles. The lowest BCUT2D eigenvalue weighted by Crippen LogP contribution is -2.13. The van der Waals surface area contributed by atoms with Gasteiger partial charge in [0.2, 0.25) is 0 Å². The quantitative estimate of drug-likeness (QED) is 0.213. The molecule has 0 heterocycles. The van der Waals surface area contributed by atoms with Crippen LogP contribution in [0.25, 0.3) is 16.8 Å². The Balaban J connectivity index is 1.48. The zero-order chi connectivity index (χ0) is 24.8. The first-order valence-corrected chi connectivity index (χ1v) is 11.4. The Morgan fingerprint density at radius 2 is 1.77 bits per heavy atom. The zero-order valence-electron chi connectivity index (χ0n) is 18.4. The highest BCUT2D eigenvalue weighted by atomic mass is 79.9. The average molecular weight is 527 g/mol. The molecule has 172 valence electrons. The van der Waals surface area contributed by atoms with E-state index in [1.165, 1.54) is 24.3 Å². The molecule has 0 spiro atoms. The number of nitrogens with one attached hydrogen (secondary N) is 1. The van der Waals surface area contributed by atoms with Crippen molar-refractivity contribution in [2.45, 2.75) is 6.61 Å². The van der Waals surface area contributed by atoms with E-state index in [1.54, 1.807) is 24.3 Å². The largest absolute Gasteiger partial charge is 0.488 e. The molecule has 0 aliphatic rings. The number of carbonyl (C=O) groups excluding carboxylic acids is 1. The molecule has 0 fully saturated rings. The second-order valence-corrected chi connectivity index (χ2v) is 8.48. The lowest BCUT2D eigenvalue weighted by Gasteiger charge is -2.11. The molecule has 4 aromatic carbocycles. The van der Waals surface area contributed by atoms with E-state index in [0.29, 0.717) is 22.4 Å². The van der Waals surface area contributed by atoms with Crippen LogP contribution in [0, 0.1) is 11.3 Å². The van der Waals surface area contributed by atoms with E-state index < -0.39 is 11.9 Å². The van der Waals surface area contributed by atoms with E-state index in [4.69, 9.17) is 9.84 Å². The first kappa shape index (κ1) is 23.7. The minimum atomic E-state index is -1.11. The van der Waals surface area contributed by atoms with Crippen LogP contribution in [-0.2, 0) is 11.4 Å². The Morgan fingerprint density at radius 3 is 2.54 bits per heavy atom. The van der Waals surface area contributed by atoms with Crippen LogP contribution in [0.15, 0.2) is 95.0 Å². The second-order valence-electron chi connectivity index (χ2n) is 7.63. The fourth-order valence-corrected chi connectivity index (χ4v) is 4.05. The minimum absolute atomic E-state index is 0.0355. The van der Waals surface area contributed by atoms with Crippen molar-refractivity contribution in [3.05, 3.63) is 112 Å². The number of benzene rings is 4. The first-order chi connectivity index (χ1) is 16.9. The number of anilines is 1. The molecule has 0 aliphatic carbocycles. The van der Waals surface area contributed by atoms with Crippen LogP contribution in [0.1, 0.15) is 21.5 Å². The van der Waals surface area contributed by atoms with Crippen LogP contribution in [0.3, 0.4) is 0 Å². The van der Waals surface area contributed by atoms with Crippen molar-refractivity contribution in [1.82, 2.24) is 0 Å². The van der Waals surface area contributed by atoms with Crippen molar-refractivity contribution in [3.8, 4) is 11.8 Å². The third-order valence-electron chi connectivity index (χ3n) is 5.26.